The Bertz CT molecular complexity index is 439. The van der Waals surface area contributed by atoms with E-state index in [-0.39, 0.29) is 18.3 Å². The van der Waals surface area contributed by atoms with E-state index in [9.17, 15) is 18.0 Å². The van der Waals surface area contributed by atoms with Gasteiger partial charge >= 0.3 is 12.1 Å². The Morgan fingerprint density at radius 2 is 2.26 bits per heavy atom. The van der Waals surface area contributed by atoms with Gasteiger partial charge in [0.15, 0.2) is 5.82 Å². The molecule has 19 heavy (non-hydrogen) atoms. The van der Waals surface area contributed by atoms with Gasteiger partial charge in [0.2, 0.25) is 0 Å². The van der Waals surface area contributed by atoms with Crippen molar-refractivity contribution in [2.75, 3.05) is 13.1 Å². The molecule has 3 N–H and O–H groups in total. The molecule has 9 heteroatoms. The first-order valence-corrected chi connectivity index (χ1v) is 5.93. The van der Waals surface area contributed by atoms with Gasteiger partial charge in [-0.1, -0.05) is 0 Å². The minimum Gasteiger partial charge on any atom is -0.341 e. The number of aromatic nitrogens is 3. The van der Waals surface area contributed by atoms with E-state index in [0.29, 0.717) is 5.82 Å². The number of aromatic amines is 1. The second kappa shape index (κ2) is 5.55. The Morgan fingerprint density at radius 3 is 2.89 bits per heavy atom. The molecule has 1 aliphatic rings. The third-order valence-electron chi connectivity index (χ3n) is 2.88. The van der Waals surface area contributed by atoms with Gasteiger partial charge in [-0.3, -0.25) is 9.89 Å². The molecule has 1 aliphatic heterocycles. The highest BCUT2D eigenvalue weighted by Crippen LogP contribution is 2.19. The molecule has 0 bridgehead atoms. The maximum atomic E-state index is 12.0. The van der Waals surface area contributed by atoms with Crippen LogP contribution in [0, 0.1) is 0 Å². The normalized spacial score (nSPS) is 20.3. The number of nitrogens with zero attached hydrogens (tertiary/aromatic N) is 2. The van der Waals surface area contributed by atoms with Gasteiger partial charge in [0.05, 0.1) is 6.54 Å². The lowest BCUT2D eigenvalue weighted by Gasteiger charge is -2.19. The van der Waals surface area contributed by atoms with E-state index < -0.39 is 12.1 Å². The number of alkyl halides is 3. The standard InChI is InChI=1S/C10H14F3N5O/c11-10(12,13)9(19)15-5-7-16-8(18-17-7)6-2-1-3-14-4-6/h6,14H,1-5H2,(H,15,19)(H,16,17,18)/t6-/m1/s1. The number of nitrogens with one attached hydrogen (secondary N) is 3. The van der Waals surface area contributed by atoms with Crippen molar-refractivity contribution in [1.82, 2.24) is 25.8 Å². The molecular formula is C10H14F3N5O. The maximum absolute atomic E-state index is 12.0. The van der Waals surface area contributed by atoms with Gasteiger partial charge in [0.25, 0.3) is 0 Å². The maximum Gasteiger partial charge on any atom is 0.471 e. The Kier molecular flexibility index (Phi) is 4.03. The van der Waals surface area contributed by atoms with Gasteiger partial charge in [-0.2, -0.15) is 18.3 Å². The summed E-state index contributed by atoms with van der Waals surface area (Å²) < 4.78 is 35.9. The van der Waals surface area contributed by atoms with Crippen molar-refractivity contribution in [3.8, 4) is 0 Å². The molecule has 1 fully saturated rings. The highest BCUT2D eigenvalue weighted by molar-refractivity contribution is 5.81. The monoisotopic (exact) mass is 277 g/mol. The predicted molar refractivity (Wildman–Crippen MR) is 59.1 cm³/mol. The summed E-state index contributed by atoms with van der Waals surface area (Å²) in [5.41, 5.74) is 0. The van der Waals surface area contributed by atoms with Crippen LogP contribution in [0.4, 0.5) is 13.2 Å². The van der Waals surface area contributed by atoms with Gasteiger partial charge in [0, 0.05) is 12.5 Å². The van der Waals surface area contributed by atoms with Crippen molar-refractivity contribution in [3.63, 3.8) is 0 Å². The Hall–Kier alpha value is -1.64. The molecule has 1 aromatic rings. The highest BCUT2D eigenvalue weighted by Gasteiger charge is 2.38. The predicted octanol–water partition coefficient (Wildman–Crippen LogP) is 0.450. The first-order valence-electron chi connectivity index (χ1n) is 5.93. The average molecular weight is 277 g/mol. The summed E-state index contributed by atoms with van der Waals surface area (Å²) in [4.78, 5) is 14.7. The third kappa shape index (κ3) is 3.66. The van der Waals surface area contributed by atoms with Gasteiger partial charge < -0.3 is 10.6 Å². The second-order valence-electron chi connectivity index (χ2n) is 4.36. The third-order valence-corrected chi connectivity index (χ3v) is 2.88. The van der Waals surface area contributed by atoms with Crippen LogP contribution < -0.4 is 10.6 Å². The van der Waals surface area contributed by atoms with Gasteiger partial charge in [0.1, 0.15) is 5.82 Å². The van der Waals surface area contributed by atoms with Crippen LogP contribution in [0.3, 0.4) is 0 Å². The van der Waals surface area contributed by atoms with Crippen LogP contribution in [0.1, 0.15) is 30.4 Å². The summed E-state index contributed by atoms with van der Waals surface area (Å²) in [6.45, 7) is 1.40. The van der Waals surface area contributed by atoms with Crippen molar-refractivity contribution in [3.05, 3.63) is 11.6 Å². The molecule has 1 amide bonds. The van der Waals surface area contributed by atoms with Crippen LogP contribution in [0.5, 0.6) is 0 Å². The summed E-state index contributed by atoms with van der Waals surface area (Å²) in [6, 6.07) is 0. The number of hydrogen-bond donors (Lipinski definition) is 3. The zero-order chi connectivity index (χ0) is 13.9. The zero-order valence-electron chi connectivity index (χ0n) is 10.0. The van der Waals surface area contributed by atoms with Crippen molar-refractivity contribution in [1.29, 1.82) is 0 Å². The fraction of sp³-hybridized carbons (Fsp3) is 0.700. The number of halogens is 3. The smallest absolute Gasteiger partial charge is 0.341 e. The molecule has 0 spiro atoms. The van der Waals surface area contributed by atoms with Crippen LogP contribution in [0.25, 0.3) is 0 Å². The molecule has 0 unspecified atom stereocenters. The average Bonchev–Trinajstić information content (AvgIpc) is 2.84. The number of rotatable bonds is 3. The molecule has 1 saturated heterocycles. The van der Waals surface area contributed by atoms with Crippen LogP contribution in [-0.2, 0) is 11.3 Å². The van der Waals surface area contributed by atoms with E-state index in [1.165, 1.54) is 0 Å². The number of piperidine rings is 1. The van der Waals surface area contributed by atoms with E-state index in [4.69, 9.17) is 0 Å². The SMILES string of the molecule is O=C(NCc1nc([C@@H]2CCCNC2)n[nH]1)C(F)(F)F. The topological polar surface area (TPSA) is 82.7 Å². The quantitative estimate of drug-likeness (QED) is 0.749. The summed E-state index contributed by atoms with van der Waals surface area (Å²) >= 11 is 0. The van der Waals surface area contributed by atoms with E-state index in [2.05, 4.69) is 20.5 Å². The summed E-state index contributed by atoms with van der Waals surface area (Å²) in [5, 5.41) is 11.5. The lowest BCUT2D eigenvalue weighted by Crippen LogP contribution is -2.36. The van der Waals surface area contributed by atoms with Crippen LogP contribution >= 0.6 is 0 Å². The zero-order valence-corrected chi connectivity index (χ0v) is 10.0. The number of amides is 1. The number of hydrogen-bond acceptors (Lipinski definition) is 4. The van der Waals surface area contributed by atoms with Crippen molar-refractivity contribution in [2.24, 2.45) is 0 Å². The summed E-state index contributed by atoms with van der Waals surface area (Å²) in [7, 11) is 0. The van der Waals surface area contributed by atoms with Crippen molar-refractivity contribution < 1.29 is 18.0 Å². The van der Waals surface area contributed by atoms with Gasteiger partial charge in [-0.15, -0.1) is 0 Å². The van der Waals surface area contributed by atoms with Crippen LogP contribution in [0.2, 0.25) is 0 Å². The fourth-order valence-electron chi connectivity index (χ4n) is 1.91. The Labute approximate surface area is 107 Å². The molecule has 2 heterocycles. The molecule has 2 rings (SSSR count). The first-order chi connectivity index (χ1) is 8.97. The van der Waals surface area contributed by atoms with Crippen LogP contribution in [-0.4, -0.2) is 40.4 Å². The second-order valence-corrected chi connectivity index (χ2v) is 4.36. The Balaban J connectivity index is 1.89. The number of carbonyl (C=O) groups is 1. The number of H-pyrrole nitrogens is 1. The molecule has 6 nitrogen and oxygen atoms in total. The summed E-state index contributed by atoms with van der Waals surface area (Å²) in [6.07, 6.45) is -2.92. The van der Waals surface area contributed by atoms with E-state index in [0.717, 1.165) is 25.9 Å². The summed E-state index contributed by atoms with van der Waals surface area (Å²) in [5.74, 6) is -1.02. The fourth-order valence-corrected chi connectivity index (χ4v) is 1.91. The van der Waals surface area contributed by atoms with Crippen molar-refractivity contribution >= 4 is 5.91 Å². The molecule has 0 radical (unpaired) electrons. The highest BCUT2D eigenvalue weighted by atomic mass is 19.4. The largest absolute Gasteiger partial charge is 0.471 e. The van der Waals surface area contributed by atoms with Crippen molar-refractivity contribution in [2.45, 2.75) is 31.5 Å². The lowest BCUT2D eigenvalue weighted by molar-refractivity contribution is -0.173. The van der Waals surface area contributed by atoms with E-state index in [1.807, 2.05) is 0 Å². The molecule has 0 aliphatic carbocycles. The minimum absolute atomic E-state index is 0.164. The van der Waals surface area contributed by atoms with E-state index in [1.54, 1.807) is 5.32 Å². The molecule has 1 atom stereocenters. The molecular weight excluding hydrogens is 263 g/mol. The number of carbonyl (C=O) groups excluding carboxylic acids is 1. The van der Waals surface area contributed by atoms with Gasteiger partial charge in [-0.05, 0) is 19.4 Å². The van der Waals surface area contributed by atoms with E-state index >= 15 is 0 Å². The van der Waals surface area contributed by atoms with Crippen LogP contribution in [0.15, 0.2) is 0 Å². The molecule has 0 saturated carbocycles. The van der Waals surface area contributed by atoms with Gasteiger partial charge in [-0.25, -0.2) is 4.98 Å². The Morgan fingerprint density at radius 1 is 1.47 bits per heavy atom. The lowest BCUT2D eigenvalue weighted by atomic mass is 9.99. The minimum atomic E-state index is -4.88. The molecule has 0 aromatic carbocycles. The molecule has 1 aromatic heterocycles. The first kappa shape index (κ1) is 13.8. The molecule has 106 valence electrons.